The first-order valence-electron chi connectivity index (χ1n) is 7.20. The standard InChI is InChI=1S/C16H18N2O3/c1-9(19)13-15(20)16(21)14-12-7-4-8-17(12)10-5-2-3-6-11(10)18(13)14/h2-9,13-16,19-21H,1H3/t9-,13?,14-,15+,16-/m0/s1. The van der Waals surface area contributed by atoms with Gasteiger partial charge in [0, 0.05) is 11.9 Å². The highest BCUT2D eigenvalue weighted by atomic mass is 16.3. The van der Waals surface area contributed by atoms with Crippen LogP contribution in [0.2, 0.25) is 0 Å². The molecule has 5 atom stereocenters. The largest absolute Gasteiger partial charge is 0.391 e. The Morgan fingerprint density at radius 1 is 1.00 bits per heavy atom. The number of hydrogen-bond donors (Lipinski definition) is 3. The molecule has 2 aromatic rings. The van der Waals surface area contributed by atoms with Gasteiger partial charge in [-0.2, -0.15) is 0 Å². The van der Waals surface area contributed by atoms with E-state index in [0.717, 1.165) is 17.1 Å². The van der Waals surface area contributed by atoms with Gasteiger partial charge in [-0.05, 0) is 31.2 Å². The van der Waals surface area contributed by atoms with Crippen molar-refractivity contribution in [3.63, 3.8) is 0 Å². The molecule has 5 heteroatoms. The highest BCUT2D eigenvalue weighted by Gasteiger charge is 2.53. The topological polar surface area (TPSA) is 68.9 Å². The van der Waals surface area contributed by atoms with Crippen molar-refractivity contribution < 1.29 is 15.3 Å². The van der Waals surface area contributed by atoms with E-state index in [1.807, 2.05) is 52.1 Å². The van der Waals surface area contributed by atoms with Crippen molar-refractivity contribution in [2.45, 2.75) is 37.3 Å². The van der Waals surface area contributed by atoms with Crippen LogP contribution in [0, 0.1) is 0 Å². The number of rotatable bonds is 1. The summed E-state index contributed by atoms with van der Waals surface area (Å²) in [5.41, 5.74) is 2.86. The third-order valence-corrected chi connectivity index (χ3v) is 4.64. The number of aromatic nitrogens is 1. The van der Waals surface area contributed by atoms with E-state index in [1.54, 1.807) is 6.92 Å². The zero-order chi connectivity index (χ0) is 14.7. The maximum absolute atomic E-state index is 10.5. The van der Waals surface area contributed by atoms with Crippen molar-refractivity contribution in [2.75, 3.05) is 4.90 Å². The number of anilines is 1. The van der Waals surface area contributed by atoms with E-state index in [9.17, 15) is 15.3 Å². The monoisotopic (exact) mass is 286 g/mol. The molecular formula is C16H18N2O3. The molecule has 5 nitrogen and oxygen atoms in total. The highest BCUT2D eigenvalue weighted by molar-refractivity contribution is 5.69. The Balaban J connectivity index is 1.98. The molecule has 3 N–H and O–H groups in total. The maximum Gasteiger partial charge on any atom is 0.108 e. The molecule has 0 radical (unpaired) electrons. The summed E-state index contributed by atoms with van der Waals surface area (Å²) >= 11 is 0. The first-order valence-corrected chi connectivity index (χ1v) is 7.20. The molecule has 0 saturated carbocycles. The Labute approximate surface area is 122 Å². The molecule has 21 heavy (non-hydrogen) atoms. The molecule has 110 valence electrons. The lowest BCUT2D eigenvalue weighted by Gasteiger charge is -2.39. The van der Waals surface area contributed by atoms with E-state index < -0.39 is 24.4 Å². The van der Waals surface area contributed by atoms with Crippen molar-refractivity contribution in [3.05, 3.63) is 48.3 Å². The predicted molar refractivity (Wildman–Crippen MR) is 78.5 cm³/mol. The van der Waals surface area contributed by atoms with Crippen LogP contribution in [0.3, 0.4) is 0 Å². The molecule has 2 aliphatic heterocycles. The van der Waals surface area contributed by atoms with Gasteiger partial charge < -0.3 is 24.8 Å². The number of hydrogen-bond acceptors (Lipinski definition) is 4. The van der Waals surface area contributed by atoms with E-state index >= 15 is 0 Å². The predicted octanol–water partition coefficient (Wildman–Crippen LogP) is 0.823. The van der Waals surface area contributed by atoms with Gasteiger partial charge in [-0.3, -0.25) is 0 Å². The molecule has 1 fully saturated rings. The normalized spacial score (nSPS) is 31.5. The Morgan fingerprint density at radius 3 is 2.43 bits per heavy atom. The second-order valence-electron chi connectivity index (χ2n) is 5.86. The summed E-state index contributed by atoms with van der Waals surface area (Å²) in [6.45, 7) is 1.65. The number of benzene rings is 1. The summed E-state index contributed by atoms with van der Waals surface area (Å²) in [4.78, 5) is 1.96. The minimum Gasteiger partial charge on any atom is -0.391 e. The number of aliphatic hydroxyl groups is 3. The van der Waals surface area contributed by atoms with Crippen LogP contribution < -0.4 is 4.90 Å². The van der Waals surface area contributed by atoms with Crippen LogP contribution >= 0.6 is 0 Å². The Bertz CT molecular complexity index is 682. The van der Waals surface area contributed by atoms with Crippen LogP contribution in [0.4, 0.5) is 5.69 Å². The van der Waals surface area contributed by atoms with Crippen molar-refractivity contribution in [1.82, 2.24) is 4.57 Å². The minimum atomic E-state index is -0.982. The average Bonchev–Trinajstić information content (AvgIpc) is 3.04. The molecule has 1 aromatic carbocycles. The fourth-order valence-corrected chi connectivity index (χ4v) is 3.79. The van der Waals surface area contributed by atoms with Crippen molar-refractivity contribution in [2.24, 2.45) is 0 Å². The number of nitrogens with zero attached hydrogens (tertiary/aromatic N) is 2. The van der Waals surface area contributed by atoms with Gasteiger partial charge in [0.2, 0.25) is 0 Å². The summed E-state index contributed by atoms with van der Waals surface area (Å²) < 4.78 is 2.04. The van der Waals surface area contributed by atoms with Crippen molar-refractivity contribution >= 4 is 5.69 Å². The second kappa shape index (κ2) is 4.34. The molecule has 0 bridgehead atoms. The first-order chi connectivity index (χ1) is 10.1. The van der Waals surface area contributed by atoms with Gasteiger partial charge in [-0.25, -0.2) is 0 Å². The lowest BCUT2D eigenvalue weighted by Crippen LogP contribution is -2.45. The van der Waals surface area contributed by atoms with Gasteiger partial charge in [0.15, 0.2) is 0 Å². The Morgan fingerprint density at radius 2 is 1.71 bits per heavy atom. The molecule has 4 rings (SSSR count). The summed E-state index contributed by atoms with van der Waals surface area (Å²) in [6, 6.07) is 10.9. The average molecular weight is 286 g/mol. The van der Waals surface area contributed by atoms with E-state index in [2.05, 4.69) is 0 Å². The van der Waals surface area contributed by atoms with E-state index in [0.29, 0.717) is 0 Å². The van der Waals surface area contributed by atoms with Gasteiger partial charge in [0.1, 0.15) is 12.2 Å². The third kappa shape index (κ3) is 1.56. The zero-order valence-corrected chi connectivity index (χ0v) is 11.7. The minimum absolute atomic E-state index is 0.343. The van der Waals surface area contributed by atoms with Crippen molar-refractivity contribution in [3.8, 4) is 5.69 Å². The first kappa shape index (κ1) is 12.9. The summed E-state index contributed by atoms with van der Waals surface area (Å²) in [5.74, 6) is 0. The van der Waals surface area contributed by atoms with Gasteiger partial charge in [0.25, 0.3) is 0 Å². The zero-order valence-electron chi connectivity index (χ0n) is 11.7. The Hall–Kier alpha value is -1.82. The molecule has 0 aliphatic carbocycles. The molecule has 1 aromatic heterocycles. The molecule has 0 spiro atoms. The summed E-state index contributed by atoms with van der Waals surface area (Å²) in [6.07, 6.45) is -0.689. The SMILES string of the molecule is C[C@H](O)C1[C@@H](O)[C@@H](O)[C@@H]2c3cccn3-c3ccccc3N12. The molecule has 0 amide bonds. The van der Waals surface area contributed by atoms with E-state index in [-0.39, 0.29) is 6.04 Å². The number of para-hydroxylation sites is 2. The highest BCUT2D eigenvalue weighted by Crippen LogP contribution is 2.47. The lowest BCUT2D eigenvalue weighted by molar-refractivity contribution is 0.00546. The molecule has 2 aliphatic rings. The third-order valence-electron chi connectivity index (χ3n) is 4.64. The van der Waals surface area contributed by atoms with Crippen LogP contribution in [0.5, 0.6) is 0 Å². The summed E-state index contributed by atoms with van der Waals surface area (Å²) in [7, 11) is 0. The number of fused-ring (bicyclic) bond motifs is 6. The van der Waals surface area contributed by atoms with Gasteiger partial charge in [-0.15, -0.1) is 0 Å². The molecular weight excluding hydrogens is 268 g/mol. The van der Waals surface area contributed by atoms with Crippen LogP contribution in [-0.4, -0.2) is 44.2 Å². The van der Waals surface area contributed by atoms with Gasteiger partial charge >= 0.3 is 0 Å². The van der Waals surface area contributed by atoms with Crippen LogP contribution in [0.25, 0.3) is 5.69 Å². The molecule has 1 unspecified atom stereocenters. The van der Waals surface area contributed by atoms with E-state index in [1.165, 1.54) is 0 Å². The van der Waals surface area contributed by atoms with Crippen LogP contribution in [-0.2, 0) is 0 Å². The maximum atomic E-state index is 10.5. The fourth-order valence-electron chi connectivity index (χ4n) is 3.79. The van der Waals surface area contributed by atoms with E-state index in [4.69, 9.17) is 0 Å². The summed E-state index contributed by atoms with van der Waals surface area (Å²) in [5, 5.41) is 31.0. The lowest BCUT2D eigenvalue weighted by atomic mass is 10.0. The second-order valence-corrected chi connectivity index (χ2v) is 5.86. The smallest absolute Gasteiger partial charge is 0.108 e. The molecule has 3 heterocycles. The van der Waals surface area contributed by atoms with Crippen LogP contribution in [0.15, 0.2) is 42.6 Å². The fraction of sp³-hybridized carbons (Fsp3) is 0.375. The van der Waals surface area contributed by atoms with Crippen LogP contribution in [0.1, 0.15) is 18.7 Å². The number of aliphatic hydroxyl groups excluding tert-OH is 3. The molecule has 1 saturated heterocycles. The Kier molecular flexibility index (Phi) is 2.66. The van der Waals surface area contributed by atoms with Crippen molar-refractivity contribution in [1.29, 1.82) is 0 Å². The van der Waals surface area contributed by atoms with Gasteiger partial charge in [0.05, 0.1) is 29.6 Å². The van der Waals surface area contributed by atoms with Gasteiger partial charge in [-0.1, -0.05) is 12.1 Å². The quantitative estimate of drug-likeness (QED) is 0.726.